The van der Waals surface area contributed by atoms with Crippen molar-refractivity contribution < 1.29 is 4.74 Å². The number of ether oxygens (including phenoxy) is 1. The molecule has 1 nitrogen and oxygen atoms in total. The van der Waals surface area contributed by atoms with Crippen molar-refractivity contribution in [2.24, 2.45) is 0 Å². The molecule has 0 aromatic heterocycles. The van der Waals surface area contributed by atoms with Crippen LogP contribution in [-0.4, -0.2) is 40.2 Å². The van der Waals surface area contributed by atoms with E-state index in [4.69, 9.17) is 4.74 Å². The van der Waals surface area contributed by atoms with E-state index in [9.17, 15) is 0 Å². The molecule has 0 fully saturated rings. The molecule has 0 saturated carbocycles. The number of benzene rings is 1. The molecule has 0 aliphatic heterocycles. The van der Waals surface area contributed by atoms with Crippen molar-refractivity contribution in [3.8, 4) is 0 Å². The third kappa shape index (κ3) is 5.58. The molecule has 1 aromatic carbocycles. The van der Waals surface area contributed by atoms with E-state index in [0.717, 1.165) is 6.61 Å². The fourth-order valence-electron chi connectivity index (χ4n) is 2.04. The van der Waals surface area contributed by atoms with Crippen LogP contribution in [0.15, 0.2) is 43.3 Å². The Balaban J connectivity index is 3.29. The van der Waals surface area contributed by atoms with E-state index in [0.29, 0.717) is 0 Å². The summed E-state index contributed by atoms with van der Waals surface area (Å²) in [6, 6.07) is 10.8. The van der Waals surface area contributed by atoms with Crippen LogP contribution in [-0.2, 0) is 4.74 Å². The van der Waals surface area contributed by atoms with Gasteiger partial charge in [0.2, 0.25) is 0 Å². The molecule has 1 rings (SSSR count). The number of thioether (sulfide) groups is 1. The first-order valence-corrected chi connectivity index (χ1v) is 21.4. The summed E-state index contributed by atoms with van der Waals surface area (Å²) in [7, 11) is 0.474. The van der Waals surface area contributed by atoms with Gasteiger partial charge in [0.25, 0.3) is 0 Å². The minimum atomic E-state index is -2.17. The van der Waals surface area contributed by atoms with E-state index >= 15 is 0 Å². The normalized spacial score (nSPS) is 14.2. The Labute approximate surface area is 134 Å². The maximum atomic E-state index is 5.54. The SMILES string of the molecule is COC/C(=[C](\Sc1ccccc1)[Sn]([CH3])([CH3])[CH3])[Si](C)(C)C. The minimum absolute atomic E-state index is 0.805. The summed E-state index contributed by atoms with van der Waals surface area (Å²) in [5, 5.41) is 1.62. The molecule has 4 heteroatoms. The average molecular weight is 415 g/mol. The van der Waals surface area contributed by atoms with Crippen LogP contribution in [0.3, 0.4) is 0 Å². The molecule has 1 aromatic rings. The van der Waals surface area contributed by atoms with Crippen molar-refractivity contribution in [2.75, 3.05) is 13.7 Å². The summed E-state index contributed by atoms with van der Waals surface area (Å²) in [6.07, 6.45) is 0. The Morgan fingerprint density at radius 2 is 1.65 bits per heavy atom. The Morgan fingerprint density at radius 1 is 1.10 bits per heavy atom. The molecule has 0 bridgehead atoms. The van der Waals surface area contributed by atoms with Crippen LogP contribution in [0.4, 0.5) is 0 Å². The topological polar surface area (TPSA) is 9.23 Å². The number of hydrogen-bond donors (Lipinski definition) is 0. The third-order valence-electron chi connectivity index (χ3n) is 3.11. The number of methoxy groups -OCH3 is 1. The zero-order valence-electron chi connectivity index (χ0n) is 13.9. The van der Waals surface area contributed by atoms with Crippen molar-refractivity contribution in [3.63, 3.8) is 0 Å². The molecular formula is C16H28OSSiSn. The van der Waals surface area contributed by atoms with Gasteiger partial charge >= 0.3 is 134 Å². The van der Waals surface area contributed by atoms with Crippen molar-refractivity contribution >= 4 is 38.2 Å². The van der Waals surface area contributed by atoms with Gasteiger partial charge in [0.1, 0.15) is 0 Å². The van der Waals surface area contributed by atoms with Gasteiger partial charge in [-0.2, -0.15) is 0 Å². The first-order chi connectivity index (χ1) is 9.16. The Bertz CT molecular complexity index is 458. The summed E-state index contributed by atoms with van der Waals surface area (Å²) in [4.78, 5) is 8.89. The van der Waals surface area contributed by atoms with Gasteiger partial charge in [-0.05, 0) is 0 Å². The van der Waals surface area contributed by atoms with Crippen LogP contribution in [0.25, 0.3) is 0 Å². The predicted molar refractivity (Wildman–Crippen MR) is 97.9 cm³/mol. The van der Waals surface area contributed by atoms with Crippen LogP contribution >= 0.6 is 11.8 Å². The fourth-order valence-corrected chi connectivity index (χ4v) is 17.5. The van der Waals surface area contributed by atoms with Crippen LogP contribution in [0.5, 0.6) is 0 Å². The molecule has 0 saturated heterocycles. The van der Waals surface area contributed by atoms with Crippen LogP contribution in [0.1, 0.15) is 0 Å². The second-order valence-electron chi connectivity index (χ2n) is 7.16. The van der Waals surface area contributed by atoms with Gasteiger partial charge < -0.3 is 0 Å². The molecule has 0 aliphatic carbocycles. The molecule has 0 unspecified atom stereocenters. The number of hydrogen-bond acceptors (Lipinski definition) is 2. The van der Waals surface area contributed by atoms with E-state index in [1.54, 1.807) is 8.12 Å². The standard InChI is InChI=1S/C13H19OSSi.3CH3.Sn/c1-14-10-13(16(2,3)4)11-15-12-8-6-5-7-9-12;;;;/h5-9H,10H2,1-4H3;3*1H3;. The Morgan fingerprint density at radius 3 is 2.05 bits per heavy atom. The summed E-state index contributed by atoms with van der Waals surface area (Å²) >= 11 is -0.167. The number of rotatable bonds is 6. The quantitative estimate of drug-likeness (QED) is 0.453. The average Bonchev–Trinajstić information content (AvgIpc) is 2.32. The van der Waals surface area contributed by atoms with Gasteiger partial charge in [-0.1, -0.05) is 0 Å². The molecule has 0 aliphatic rings. The van der Waals surface area contributed by atoms with Crippen molar-refractivity contribution in [1.29, 1.82) is 0 Å². The predicted octanol–water partition coefficient (Wildman–Crippen LogP) is 5.43. The monoisotopic (exact) mass is 416 g/mol. The van der Waals surface area contributed by atoms with Gasteiger partial charge in [-0.25, -0.2) is 0 Å². The van der Waals surface area contributed by atoms with E-state index in [-0.39, 0.29) is 0 Å². The zero-order valence-corrected chi connectivity index (χ0v) is 18.6. The van der Waals surface area contributed by atoms with E-state index < -0.39 is 26.5 Å². The molecule has 20 heavy (non-hydrogen) atoms. The summed E-state index contributed by atoms with van der Waals surface area (Å²) in [6.45, 7) is 8.11. The van der Waals surface area contributed by atoms with E-state index in [1.165, 1.54) is 4.90 Å². The van der Waals surface area contributed by atoms with Crippen molar-refractivity contribution in [1.82, 2.24) is 0 Å². The van der Waals surface area contributed by atoms with Crippen LogP contribution in [0.2, 0.25) is 34.5 Å². The Hall–Kier alpha value is 0.286. The van der Waals surface area contributed by atoms with Gasteiger partial charge in [-0.15, -0.1) is 0 Å². The molecule has 0 amide bonds. The first-order valence-electron chi connectivity index (χ1n) is 7.12. The Kier molecular flexibility index (Phi) is 6.89. The van der Waals surface area contributed by atoms with E-state index in [2.05, 4.69) is 64.8 Å². The van der Waals surface area contributed by atoms with Crippen molar-refractivity contribution in [2.45, 2.75) is 39.4 Å². The molecule has 0 spiro atoms. The van der Waals surface area contributed by atoms with Gasteiger partial charge in [0.15, 0.2) is 0 Å². The molecule has 0 atom stereocenters. The first kappa shape index (κ1) is 18.3. The summed E-state index contributed by atoms with van der Waals surface area (Å²) < 4.78 is 7.23. The summed E-state index contributed by atoms with van der Waals surface area (Å²) in [5.41, 5.74) is 0. The zero-order chi connectivity index (χ0) is 15.4. The second kappa shape index (κ2) is 7.52. The fraction of sp³-hybridized carbons (Fsp3) is 0.500. The maximum absolute atomic E-state index is 5.54. The van der Waals surface area contributed by atoms with Crippen molar-refractivity contribution in [3.05, 3.63) is 38.4 Å². The van der Waals surface area contributed by atoms with E-state index in [1.807, 2.05) is 18.9 Å². The molecule has 112 valence electrons. The second-order valence-corrected chi connectivity index (χ2v) is 28.6. The molecular weight excluding hydrogens is 387 g/mol. The third-order valence-corrected chi connectivity index (χ3v) is 16.9. The van der Waals surface area contributed by atoms with Gasteiger partial charge in [0.05, 0.1) is 0 Å². The summed E-state index contributed by atoms with van der Waals surface area (Å²) in [5.74, 6) is 0. The van der Waals surface area contributed by atoms with Gasteiger partial charge in [-0.3, -0.25) is 0 Å². The molecule has 0 radical (unpaired) electrons. The van der Waals surface area contributed by atoms with Crippen LogP contribution < -0.4 is 0 Å². The van der Waals surface area contributed by atoms with Crippen LogP contribution in [0, 0.1) is 0 Å². The molecule has 0 N–H and O–H groups in total. The molecule has 0 heterocycles. The van der Waals surface area contributed by atoms with Gasteiger partial charge in [0, 0.05) is 0 Å².